The van der Waals surface area contributed by atoms with Crippen LogP contribution in [0.15, 0.2) is 18.2 Å². The maximum atomic E-state index is 11.7. The number of rotatable bonds is 4. The van der Waals surface area contributed by atoms with Crippen LogP contribution in [-0.4, -0.2) is 26.2 Å². The molecule has 0 saturated carbocycles. The molecule has 0 aromatic heterocycles. The molecule has 3 N–H and O–H groups in total. The van der Waals surface area contributed by atoms with Gasteiger partial charge in [0.15, 0.2) is 0 Å². The Kier molecular flexibility index (Phi) is 4.63. The highest BCUT2D eigenvalue weighted by Gasteiger charge is 2.21. The van der Waals surface area contributed by atoms with E-state index in [0.29, 0.717) is 19.6 Å². The fourth-order valence-corrected chi connectivity index (χ4v) is 2.23. The van der Waals surface area contributed by atoms with Gasteiger partial charge in [-0.3, -0.25) is 4.79 Å². The first-order valence-corrected chi connectivity index (χ1v) is 6.54. The molecule has 0 aliphatic carbocycles. The lowest BCUT2D eigenvalue weighted by Crippen LogP contribution is -2.29. The molecule has 5 heteroatoms. The van der Waals surface area contributed by atoms with Crippen LogP contribution in [0.1, 0.15) is 30.9 Å². The molecule has 1 heterocycles. The van der Waals surface area contributed by atoms with Gasteiger partial charge in [0.1, 0.15) is 11.5 Å². The van der Waals surface area contributed by atoms with Gasteiger partial charge in [0, 0.05) is 18.5 Å². The average Bonchev–Trinajstić information content (AvgIpc) is 2.61. The van der Waals surface area contributed by atoms with E-state index < -0.39 is 0 Å². The van der Waals surface area contributed by atoms with Crippen LogP contribution in [-0.2, 0) is 4.79 Å². The second kappa shape index (κ2) is 6.43. The van der Waals surface area contributed by atoms with Crippen molar-refractivity contribution in [3.8, 4) is 11.5 Å². The molecule has 1 aromatic rings. The third kappa shape index (κ3) is 3.38. The number of methoxy groups -OCH3 is 1. The van der Waals surface area contributed by atoms with E-state index in [0.717, 1.165) is 29.9 Å². The zero-order chi connectivity index (χ0) is 13.7. The van der Waals surface area contributed by atoms with Gasteiger partial charge in [0.05, 0.1) is 19.8 Å². The fourth-order valence-electron chi connectivity index (χ4n) is 2.23. The smallest absolute Gasteiger partial charge is 0.221 e. The van der Waals surface area contributed by atoms with E-state index in [1.807, 2.05) is 18.2 Å². The molecule has 0 fully saturated rings. The van der Waals surface area contributed by atoms with Gasteiger partial charge in [-0.2, -0.15) is 0 Å². The molecular weight excluding hydrogens is 244 g/mol. The van der Waals surface area contributed by atoms with Crippen molar-refractivity contribution in [2.24, 2.45) is 5.73 Å². The Hall–Kier alpha value is -1.75. The first kappa shape index (κ1) is 13.7. The summed E-state index contributed by atoms with van der Waals surface area (Å²) in [7, 11) is 1.63. The van der Waals surface area contributed by atoms with E-state index >= 15 is 0 Å². The van der Waals surface area contributed by atoms with Crippen molar-refractivity contribution in [1.82, 2.24) is 5.32 Å². The van der Waals surface area contributed by atoms with Crippen LogP contribution in [0.25, 0.3) is 0 Å². The molecule has 0 saturated heterocycles. The largest absolute Gasteiger partial charge is 0.497 e. The molecule has 1 unspecified atom stereocenters. The Morgan fingerprint density at radius 1 is 1.58 bits per heavy atom. The summed E-state index contributed by atoms with van der Waals surface area (Å²) >= 11 is 0. The van der Waals surface area contributed by atoms with E-state index in [1.54, 1.807) is 7.11 Å². The topological polar surface area (TPSA) is 73.6 Å². The second-order valence-corrected chi connectivity index (χ2v) is 4.55. The molecule has 1 aliphatic heterocycles. The van der Waals surface area contributed by atoms with Crippen molar-refractivity contribution in [3.05, 3.63) is 23.8 Å². The molecule has 1 amide bonds. The average molecular weight is 264 g/mol. The van der Waals surface area contributed by atoms with Crippen LogP contribution in [0.5, 0.6) is 11.5 Å². The summed E-state index contributed by atoms with van der Waals surface area (Å²) in [6, 6.07) is 5.64. The van der Waals surface area contributed by atoms with Gasteiger partial charge in [-0.25, -0.2) is 0 Å². The van der Waals surface area contributed by atoms with E-state index in [4.69, 9.17) is 15.2 Å². The lowest BCUT2D eigenvalue weighted by atomic mass is 10.0. The van der Waals surface area contributed by atoms with Crippen molar-refractivity contribution in [3.63, 3.8) is 0 Å². The Labute approximate surface area is 113 Å². The Morgan fingerprint density at radius 3 is 3.16 bits per heavy atom. The second-order valence-electron chi connectivity index (χ2n) is 4.55. The number of hydrogen-bond acceptors (Lipinski definition) is 4. The van der Waals surface area contributed by atoms with Crippen LogP contribution in [0.4, 0.5) is 0 Å². The van der Waals surface area contributed by atoms with Crippen molar-refractivity contribution in [1.29, 1.82) is 0 Å². The molecule has 1 aliphatic rings. The zero-order valence-electron chi connectivity index (χ0n) is 11.1. The summed E-state index contributed by atoms with van der Waals surface area (Å²) in [5, 5.41) is 3.01. The fraction of sp³-hybridized carbons (Fsp3) is 0.500. The van der Waals surface area contributed by atoms with Crippen molar-refractivity contribution in [2.45, 2.75) is 25.3 Å². The number of carbonyl (C=O) groups excluding carboxylic acids is 1. The number of carbonyl (C=O) groups is 1. The van der Waals surface area contributed by atoms with Crippen molar-refractivity contribution >= 4 is 5.91 Å². The molecule has 1 aromatic carbocycles. The Balaban J connectivity index is 2.22. The van der Waals surface area contributed by atoms with Gasteiger partial charge < -0.3 is 20.5 Å². The number of nitrogens with two attached hydrogens (primary N) is 1. The van der Waals surface area contributed by atoms with Gasteiger partial charge in [-0.05, 0) is 31.0 Å². The predicted octanol–water partition coefficient (Wildman–Crippen LogP) is 1.37. The monoisotopic (exact) mass is 264 g/mol. The minimum Gasteiger partial charge on any atom is -0.497 e. The van der Waals surface area contributed by atoms with Crippen LogP contribution in [0, 0.1) is 0 Å². The lowest BCUT2D eigenvalue weighted by Gasteiger charge is -2.19. The predicted molar refractivity (Wildman–Crippen MR) is 72.3 cm³/mol. The number of fused-ring (bicyclic) bond motifs is 1. The van der Waals surface area contributed by atoms with Gasteiger partial charge in [-0.1, -0.05) is 0 Å². The van der Waals surface area contributed by atoms with Crippen LogP contribution in [0.3, 0.4) is 0 Å². The highest BCUT2D eigenvalue weighted by Crippen LogP contribution is 2.34. The number of benzene rings is 1. The third-order valence-electron chi connectivity index (χ3n) is 3.19. The van der Waals surface area contributed by atoms with Crippen molar-refractivity contribution < 1.29 is 14.3 Å². The maximum Gasteiger partial charge on any atom is 0.221 e. The molecule has 0 spiro atoms. The van der Waals surface area contributed by atoms with Crippen molar-refractivity contribution in [2.75, 3.05) is 20.3 Å². The van der Waals surface area contributed by atoms with Crippen LogP contribution < -0.4 is 20.5 Å². The van der Waals surface area contributed by atoms with E-state index in [9.17, 15) is 4.79 Å². The molecule has 0 bridgehead atoms. The summed E-state index contributed by atoms with van der Waals surface area (Å²) in [5.41, 5.74) is 6.37. The van der Waals surface area contributed by atoms with Gasteiger partial charge in [0.25, 0.3) is 0 Å². The molecule has 19 heavy (non-hydrogen) atoms. The number of ether oxygens (including phenoxy) is 2. The summed E-state index contributed by atoms with van der Waals surface area (Å²) < 4.78 is 10.9. The van der Waals surface area contributed by atoms with Crippen LogP contribution in [0.2, 0.25) is 0 Å². The minimum absolute atomic E-state index is 0.0248. The van der Waals surface area contributed by atoms with Gasteiger partial charge in [0.2, 0.25) is 5.91 Å². The van der Waals surface area contributed by atoms with E-state index in [-0.39, 0.29) is 11.9 Å². The SMILES string of the molecule is COc1ccc2c(c1)C(NC(=O)CCN)CCCO2. The summed E-state index contributed by atoms with van der Waals surface area (Å²) in [5.74, 6) is 1.56. The van der Waals surface area contributed by atoms with Gasteiger partial charge >= 0.3 is 0 Å². The normalized spacial score (nSPS) is 17.9. The summed E-state index contributed by atoms with van der Waals surface area (Å²) in [4.78, 5) is 11.7. The highest BCUT2D eigenvalue weighted by atomic mass is 16.5. The summed E-state index contributed by atoms with van der Waals surface area (Å²) in [6.07, 6.45) is 2.11. The molecule has 5 nitrogen and oxygen atoms in total. The summed E-state index contributed by atoms with van der Waals surface area (Å²) in [6.45, 7) is 1.03. The van der Waals surface area contributed by atoms with Crippen LogP contribution >= 0.6 is 0 Å². The van der Waals surface area contributed by atoms with Gasteiger partial charge in [-0.15, -0.1) is 0 Å². The molecule has 0 radical (unpaired) electrons. The maximum absolute atomic E-state index is 11.7. The zero-order valence-corrected chi connectivity index (χ0v) is 11.1. The first-order chi connectivity index (χ1) is 9.24. The Bertz CT molecular complexity index is 448. The molecule has 1 atom stereocenters. The molecular formula is C14H20N2O3. The Morgan fingerprint density at radius 2 is 2.42 bits per heavy atom. The number of hydrogen-bond donors (Lipinski definition) is 2. The molecule has 2 rings (SSSR count). The lowest BCUT2D eigenvalue weighted by molar-refractivity contribution is -0.121. The molecule has 104 valence electrons. The quantitative estimate of drug-likeness (QED) is 0.861. The third-order valence-corrected chi connectivity index (χ3v) is 3.19. The minimum atomic E-state index is -0.0355. The standard InChI is InChI=1S/C14H20N2O3/c1-18-10-4-5-13-11(9-10)12(3-2-8-19-13)16-14(17)6-7-15/h4-5,9,12H,2-3,6-8,15H2,1H3,(H,16,17). The van der Waals surface area contributed by atoms with E-state index in [2.05, 4.69) is 5.32 Å². The number of amides is 1. The first-order valence-electron chi connectivity index (χ1n) is 6.54. The number of nitrogens with one attached hydrogen (secondary N) is 1. The highest BCUT2D eigenvalue weighted by molar-refractivity contribution is 5.76. The van der Waals surface area contributed by atoms with E-state index in [1.165, 1.54) is 0 Å².